The van der Waals surface area contributed by atoms with Gasteiger partial charge >= 0.3 is 0 Å². The second kappa shape index (κ2) is 8.41. The van der Waals surface area contributed by atoms with Crippen LogP contribution in [0.1, 0.15) is 16.7 Å². The van der Waals surface area contributed by atoms with Gasteiger partial charge in [-0.25, -0.2) is 13.2 Å². The van der Waals surface area contributed by atoms with Crippen LogP contribution >= 0.6 is 7.92 Å². The van der Waals surface area contributed by atoms with Crippen molar-refractivity contribution < 1.29 is 13.2 Å². The average molecular weight is 394 g/mol. The quantitative estimate of drug-likeness (QED) is 0.464. The molecule has 0 heterocycles. The van der Waals surface area contributed by atoms with Crippen LogP contribution in [-0.4, -0.2) is 0 Å². The predicted molar refractivity (Wildman–Crippen MR) is 115 cm³/mol. The number of halogens is 3. The molecule has 4 heteroatoms. The first-order valence-corrected chi connectivity index (χ1v) is 9.88. The van der Waals surface area contributed by atoms with Gasteiger partial charge in [0.15, 0.2) is 0 Å². The molecule has 0 aromatic heterocycles. The summed E-state index contributed by atoms with van der Waals surface area (Å²) in [7, 11) is -1.37. The van der Waals surface area contributed by atoms with E-state index in [1.807, 2.05) is 0 Å². The molecule has 0 aliphatic heterocycles. The molecule has 0 aliphatic carbocycles. The maximum Gasteiger partial charge on any atom is 0.131 e. The second-order valence-corrected chi connectivity index (χ2v) is 8.29. The zero-order valence-electron chi connectivity index (χ0n) is 15.1. The van der Waals surface area contributed by atoms with Gasteiger partial charge in [0.05, 0.1) is 0 Å². The van der Waals surface area contributed by atoms with Crippen LogP contribution in [0.2, 0.25) is 0 Å². The van der Waals surface area contributed by atoms with Crippen molar-refractivity contribution in [3.63, 3.8) is 0 Å². The maximum absolute atomic E-state index is 14.4. The first kappa shape index (κ1) is 19.9. The summed E-state index contributed by atoms with van der Waals surface area (Å²) < 4.78 is 43.2. The molecule has 0 spiro atoms. The van der Waals surface area contributed by atoms with Crippen molar-refractivity contribution in [3.05, 3.63) is 108 Å². The summed E-state index contributed by atoms with van der Waals surface area (Å²) in [6.07, 6.45) is 4.29. The monoisotopic (exact) mass is 394 g/mol. The van der Waals surface area contributed by atoms with E-state index in [0.717, 1.165) is 0 Å². The SMILES string of the molecule is C=Cc1ccc(P(c2ccc(C=C)c(F)c2)c2ccc(C=C)c(F)c2)cc1F. The molecule has 0 aliphatic rings. The zero-order chi connectivity index (χ0) is 20.3. The van der Waals surface area contributed by atoms with Crippen molar-refractivity contribution >= 4 is 42.1 Å². The summed E-state index contributed by atoms with van der Waals surface area (Å²) in [5.41, 5.74) is 1.13. The Morgan fingerprint density at radius 2 is 0.821 bits per heavy atom. The lowest BCUT2D eigenvalue weighted by atomic mass is 10.2. The minimum absolute atomic E-state index is 0.375. The number of hydrogen-bond acceptors (Lipinski definition) is 0. The van der Waals surface area contributed by atoms with E-state index in [9.17, 15) is 13.2 Å². The van der Waals surface area contributed by atoms with Gasteiger partial charge in [-0.15, -0.1) is 0 Å². The first-order valence-electron chi connectivity index (χ1n) is 8.54. The molecule has 3 rings (SSSR count). The molecule has 0 saturated carbocycles. The summed E-state index contributed by atoms with van der Waals surface area (Å²) >= 11 is 0. The van der Waals surface area contributed by atoms with E-state index in [1.54, 1.807) is 36.4 Å². The van der Waals surface area contributed by atoms with E-state index >= 15 is 0 Å². The third kappa shape index (κ3) is 3.85. The molecule has 28 heavy (non-hydrogen) atoms. The van der Waals surface area contributed by atoms with Crippen molar-refractivity contribution in [3.8, 4) is 0 Å². The lowest BCUT2D eigenvalue weighted by molar-refractivity contribution is 0.626. The van der Waals surface area contributed by atoms with E-state index in [4.69, 9.17) is 0 Å². The second-order valence-electron chi connectivity index (χ2n) is 6.07. The molecule has 0 amide bonds. The Morgan fingerprint density at radius 3 is 1.04 bits per heavy atom. The third-order valence-electron chi connectivity index (χ3n) is 4.39. The lowest BCUT2D eigenvalue weighted by Crippen LogP contribution is -2.22. The minimum Gasteiger partial charge on any atom is -0.206 e. The Morgan fingerprint density at radius 1 is 0.536 bits per heavy atom. The number of rotatable bonds is 6. The molecule has 3 aromatic carbocycles. The van der Waals surface area contributed by atoms with Gasteiger partial charge in [0.25, 0.3) is 0 Å². The van der Waals surface area contributed by atoms with Crippen LogP contribution < -0.4 is 15.9 Å². The fourth-order valence-electron chi connectivity index (χ4n) is 2.91. The summed E-state index contributed by atoms with van der Waals surface area (Å²) in [4.78, 5) is 0. The van der Waals surface area contributed by atoms with E-state index < -0.39 is 25.4 Å². The smallest absolute Gasteiger partial charge is 0.131 e. The van der Waals surface area contributed by atoms with Gasteiger partial charge < -0.3 is 0 Å². The van der Waals surface area contributed by atoms with Gasteiger partial charge in [-0.1, -0.05) is 74.4 Å². The van der Waals surface area contributed by atoms with E-state index in [2.05, 4.69) is 19.7 Å². The first-order chi connectivity index (χ1) is 13.5. The van der Waals surface area contributed by atoms with Crippen LogP contribution in [0.4, 0.5) is 13.2 Å². The molecule has 0 atom stereocenters. The standard InChI is InChI=1S/C24H18F3P/c1-4-16-7-10-19(13-22(16)25)28(20-11-8-17(5-2)23(26)14-20)21-12-9-18(6-3)24(27)15-21/h4-15H,1-3H2. The molecular weight excluding hydrogens is 376 g/mol. The molecule has 0 unspecified atom stereocenters. The van der Waals surface area contributed by atoms with Crippen LogP contribution in [-0.2, 0) is 0 Å². The van der Waals surface area contributed by atoms with Crippen molar-refractivity contribution in [1.29, 1.82) is 0 Å². The van der Waals surface area contributed by atoms with Gasteiger partial charge in [0, 0.05) is 16.7 Å². The van der Waals surface area contributed by atoms with Crippen LogP contribution in [0.5, 0.6) is 0 Å². The van der Waals surface area contributed by atoms with Gasteiger partial charge in [-0.05, 0) is 42.0 Å². The van der Waals surface area contributed by atoms with E-state index in [-0.39, 0.29) is 0 Å². The van der Waals surface area contributed by atoms with Crippen LogP contribution in [0.15, 0.2) is 74.3 Å². The van der Waals surface area contributed by atoms with Gasteiger partial charge in [0.2, 0.25) is 0 Å². The molecular formula is C24H18F3P. The summed E-state index contributed by atoms with van der Waals surface area (Å²) in [6.45, 7) is 10.8. The van der Waals surface area contributed by atoms with Gasteiger partial charge in [-0.2, -0.15) is 0 Å². The van der Waals surface area contributed by atoms with Crippen LogP contribution in [0, 0.1) is 17.5 Å². The Bertz CT molecular complexity index is 933. The highest BCUT2D eigenvalue weighted by Gasteiger charge is 2.20. The lowest BCUT2D eigenvalue weighted by Gasteiger charge is -2.20. The van der Waals surface area contributed by atoms with E-state index in [1.165, 1.54) is 36.4 Å². The highest BCUT2D eigenvalue weighted by atomic mass is 31.1. The van der Waals surface area contributed by atoms with Gasteiger partial charge in [0.1, 0.15) is 17.5 Å². The minimum atomic E-state index is -1.37. The van der Waals surface area contributed by atoms with Crippen molar-refractivity contribution in [2.24, 2.45) is 0 Å². The normalized spacial score (nSPS) is 10.7. The molecule has 140 valence electrons. The molecule has 0 fully saturated rings. The third-order valence-corrected chi connectivity index (χ3v) is 6.77. The highest BCUT2D eigenvalue weighted by molar-refractivity contribution is 7.79. The van der Waals surface area contributed by atoms with Crippen molar-refractivity contribution in [2.75, 3.05) is 0 Å². The molecule has 0 N–H and O–H groups in total. The molecule has 0 saturated heterocycles. The largest absolute Gasteiger partial charge is 0.206 e. The average Bonchev–Trinajstić information content (AvgIpc) is 2.69. The topological polar surface area (TPSA) is 0 Å². The predicted octanol–water partition coefficient (Wildman–Crippen LogP) is 5.79. The molecule has 0 radical (unpaired) electrons. The molecule has 0 bridgehead atoms. The molecule has 0 nitrogen and oxygen atoms in total. The Hall–Kier alpha value is -2.90. The Labute approximate surface area is 164 Å². The van der Waals surface area contributed by atoms with Crippen LogP contribution in [0.25, 0.3) is 18.2 Å². The van der Waals surface area contributed by atoms with Gasteiger partial charge in [-0.3, -0.25) is 0 Å². The van der Waals surface area contributed by atoms with E-state index in [0.29, 0.717) is 32.6 Å². The van der Waals surface area contributed by atoms with Crippen molar-refractivity contribution in [1.82, 2.24) is 0 Å². The number of benzene rings is 3. The Kier molecular flexibility index (Phi) is 5.96. The summed E-state index contributed by atoms with van der Waals surface area (Å²) in [5.74, 6) is -1.27. The van der Waals surface area contributed by atoms with Crippen LogP contribution in [0.3, 0.4) is 0 Å². The summed E-state index contributed by atoms with van der Waals surface area (Å²) in [5, 5.41) is 1.94. The fraction of sp³-hybridized carbons (Fsp3) is 0. The fourth-order valence-corrected chi connectivity index (χ4v) is 5.20. The maximum atomic E-state index is 14.4. The number of hydrogen-bond donors (Lipinski definition) is 0. The Balaban J connectivity index is 2.21. The summed E-state index contributed by atoms with van der Waals surface area (Å²) in [6, 6.07) is 14.4. The molecule has 3 aromatic rings. The zero-order valence-corrected chi connectivity index (χ0v) is 16.0. The van der Waals surface area contributed by atoms with Crippen molar-refractivity contribution in [2.45, 2.75) is 0 Å². The highest BCUT2D eigenvalue weighted by Crippen LogP contribution is 2.34.